The quantitative estimate of drug-likeness (QED) is 0.784. The van der Waals surface area contributed by atoms with Gasteiger partial charge in [-0.1, -0.05) is 0 Å². The second kappa shape index (κ2) is 4.91. The molecule has 0 bridgehead atoms. The molecule has 1 aromatic rings. The molecule has 4 nitrogen and oxygen atoms in total. The highest BCUT2D eigenvalue weighted by Crippen LogP contribution is 2.25. The van der Waals surface area contributed by atoms with Gasteiger partial charge in [0, 0.05) is 25.1 Å². The van der Waals surface area contributed by atoms with Crippen molar-refractivity contribution in [2.75, 3.05) is 11.4 Å². The Balaban J connectivity index is 2.45. The van der Waals surface area contributed by atoms with E-state index in [9.17, 15) is 22.8 Å². The van der Waals surface area contributed by atoms with Crippen LogP contribution in [0.3, 0.4) is 0 Å². The van der Waals surface area contributed by atoms with E-state index in [1.165, 1.54) is 6.92 Å². The molecule has 2 rings (SSSR count). The number of halogens is 3. The van der Waals surface area contributed by atoms with E-state index in [4.69, 9.17) is 0 Å². The average molecular weight is 272 g/mol. The maximum absolute atomic E-state index is 13.7. The van der Waals surface area contributed by atoms with Gasteiger partial charge in [-0.05, 0) is 6.92 Å². The van der Waals surface area contributed by atoms with Crippen LogP contribution in [0.1, 0.15) is 13.3 Å². The van der Waals surface area contributed by atoms with Gasteiger partial charge < -0.3 is 10.2 Å². The Morgan fingerprint density at radius 3 is 2.63 bits per heavy atom. The molecule has 0 aliphatic carbocycles. The Morgan fingerprint density at radius 1 is 1.26 bits per heavy atom. The van der Waals surface area contributed by atoms with Crippen LogP contribution in [-0.2, 0) is 9.59 Å². The largest absolute Gasteiger partial charge is 0.345 e. The van der Waals surface area contributed by atoms with Gasteiger partial charge in [-0.2, -0.15) is 0 Å². The topological polar surface area (TPSA) is 49.4 Å². The molecule has 1 aliphatic heterocycles. The van der Waals surface area contributed by atoms with Crippen molar-refractivity contribution in [2.45, 2.75) is 19.4 Å². The molecule has 0 radical (unpaired) electrons. The number of hydrogen-bond acceptors (Lipinski definition) is 2. The highest BCUT2D eigenvalue weighted by atomic mass is 19.2. The van der Waals surface area contributed by atoms with Crippen LogP contribution in [0.2, 0.25) is 0 Å². The number of hydrogen-bond donors (Lipinski definition) is 1. The second-order valence-corrected chi connectivity index (χ2v) is 4.25. The summed E-state index contributed by atoms with van der Waals surface area (Å²) in [5.41, 5.74) is -0.495. The van der Waals surface area contributed by atoms with Crippen molar-refractivity contribution in [3.05, 3.63) is 29.6 Å². The number of carbonyl (C=O) groups is 2. The number of anilines is 1. The van der Waals surface area contributed by atoms with Gasteiger partial charge in [-0.3, -0.25) is 9.59 Å². The average Bonchev–Trinajstić information content (AvgIpc) is 2.45. The van der Waals surface area contributed by atoms with Crippen LogP contribution in [0.15, 0.2) is 12.1 Å². The SMILES string of the molecule is CC1NC(=O)CCN(c2cc(F)cc(F)c2F)C1=O. The Morgan fingerprint density at radius 2 is 1.95 bits per heavy atom. The molecule has 2 amide bonds. The molecule has 7 heteroatoms. The third-order valence-corrected chi connectivity index (χ3v) is 2.84. The standard InChI is InChI=1S/C12H11F3N2O2/c1-6-12(19)17(3-2-10(18)16-6)9-5-7(13)4-8(14)11(9)15/h4-6H,2-3H2,1H3,(H,16,18). The second-order valence-electron chi connectivity index (χ2n) is 4.25. The van der Waals surface area contributed by atoms with E-state index in [-0.39, 0.29) is 18.9 Å². The summed E-state index contributed by atoms with van der Waals surface area (Å²) >= 11 is 0. The first-order chi connectivity index (χ1) is 8.90. The molecule has 1 aromatic carbocycles. The summed E-state index contributed by atoms with van der Waals surface area (Å²) < 4.78 is 40.0. The van der Waals surface area contributed by atoms with Crippen molar-refractivity contribution < 1.29 is 22.8 Å². The molecule has 102 valence electrons. The van der Waals surface area contributed by atoms with Crippen molar-refractivity contribution >= 4 is 17.5 Å². The third kappa shape index (κ3) is 2.54. The van der Waals surface area contributed by atoms with Gasteiger partial charge in [0.25, 0.3) is 0 Å². The fourth-order valence-electron chi connectivity index (χ4n) is 1.91. The van der Waals surface area contributed by atoms with E-state index in [2.05, 4.69) is 5.32 Å². The normalized spacial score (nSPS) is 20.2. The van der Waals surface area contributed by atoms with Crippen LogP contribution in [0.4, 0.5) is 18.9 Å². The van der Waals surface area contributed by atoms with Crippen LogP contribution in [0.25, 0.3) is 0 Å². The smallest absolute Gasteiger partial charge is 0.249 e. The molecule has 1 N–H and O–H groups in total. The van der Waals surface area contributed by atoms with Crippen molar-refractivity contribution in [2.24, 2.45) is 0 Å². The molecular formula is C12H11F3N2O2. The van der Waals surface area contributed by atoms with Crippen molar-refractivity contribution in [3.8, 4) is 0 Å². The molecule has 1 saturated heterocycles. The summed E-state index contributed by atoms with van der Waals surface area (Å²) in [6.45, 7) is 1.29. The molecule has 1 aliphatic rings. The van der Waals surface area contributed by atoms with Crippen LogP contribution in [0, 0.1) is 17.5 Å². The van der Waals surface area contributed by atoms with Crippen molar-refractivity contribution in [1.29, 1.82) is 0 Å². The summed E-state index contributed by atoms with van der Waals surface area (Å²) in [6, 6.07) is 0.257. The van der Waals surface area contributed by atoms with E-state index >= 15 is 0 Å². The molecule has 1 unspecified atom stereocenters. The Bertz CT molecular complexity index is 548. The molecule has 1 heterocycles. The van der Waals surface area contributed by atoms with Crippen LogP contribution < -0.4 is 10.2 Å². The van der Waals surface area contributed by atoms with Gasteiger partial charge in [-0.25, -0.2) is 13.2 Å². The van der Waals surface area contributed by atoms with Crippen LogP contribution >= 0.6 is 0 Å². The minimum Gasteiger partial charge on any atom is -0.345 e. The number of amides is 2. The van der Waals surface area contributed by atoms with Crippen LogP contribution in [0.5, 0.6) is 0 Å². The minimum absolute atomic E-state index is 0.0619. The predicted molar refractivity (Wildman–Crippen MR) is 60.9 cm³/mol. The monoisotopic (exact) mass is 272 g/mol. The molecule has 0 aromatic heterocycles. The number of carbonyl (C=O) groups excluding carboxylic acids is 2. The minimum atomic E-state index is -1.38. The summed E-state index contributed by atoms with van der Waals surface area (Å²) in [5.74, 6) is -4.66. The van der Waals surface area contributed by atoms with Gasteiger partial charge in [-0.15, -0.1) is 0 Å². The van der Waals surface area contributed by atoms with Gasteiger partial charge in [0.05, 0.1) is 5.69 Å². The summed E-state index contributed by atoms with van der Waals surface area (Å²) in [5, 5.41) is 2.40. The van der Waals surface area contributed by atoms with E-state index in [1.807, 2.05) is 0 Å². The number of nitrogens with one attached hydrogen (secondary N) is 1. The predicted octanol–water partition coefficient (Wildman–Crippen LogP) is 1.35. The first-order valence-electron chi connectivity index (χ1n) is 5.65. The van der Waals surface area contributed by atoms with Gasteiger partial charge in [0.15, 0.2) is 11.6 Å². The zero-order chi connectivity index (χ0) is 14.2. The van der Waals surface area contributed by atoms with E-state index < -0.39 is 35.1 Å². The lowest BCUT2D eigenvalue weighted by Gasteiger charge is -2.23. The molecule has 1 fully saturated rings. The Kier molecular flexibility index (Phi) is 3.46. The lowest BCUT2D eigenvalue weighted by atomic mass is 10.2. The molecule has 19 heavy (non-hydrogen) atoms. The molecule has 0 spiro atoms. The summed E-state index contributed by atoms with van der Waals surface area (Å²) in [6.07, 6.45) is -0.0619. The first-order valence-corrected chi connectivity index (χ1v) is 5.65. The maximum Gasteiger partial charge on any atom is 0.249 e. The highest BCUT2D eigenvalue weighted by molar-refractivity contribution is 6.01. The summed E-state index contributed by atoms with van der Waals surface area (Å²) in [7, 11) is 0. The van der Waals surface area contributed by atoms with E-state index in [1.54, 1.807) is 0 Å². The fraction of sp³-hybridized carbons (Fsp3) is 0.333. The van der Waals surface area contributed by atoms with Gasteiger partial charge in [0.1, 0.15) is 11.9 Å². The fourth-order valence-corrected chi connectivity index (χ4v) is 1.91. The van der Waals surface area contributed by atoms with Gasteiger partial charge in [0.2, 0.25) is 11.8 Å². The van der Waals surface area contributed by atoms with Crippen LogP contribution in [-0.4, -0.2) is 24.4 Å². The van der Waals surface area contributed by atoms with E-state index in [0.717, 1.165) is 11.0 Å². The number of benzene rings is 1. The van der Waals surface area contributed by atoms with E-state index in [0.29, 0.717) is 6.07 Å². The lowest BCUT2D eigenvalue weighted by Crippen LogP contribution is -2.43. The maximum atomic E-state index is 13.7. The zero-order valence-electron chi connectivity index (χ0n) is 10.0. The molecule has 0 saturated carbocycles. The molecular weight excluding hydrogens is 261 g/mol. The lowest BCUT2D eigenvalue weighted by molar-refractivity contribution is -0.125. The zero-order valence-corrected chi connectivity index (χ0v) is 10.0. The number of rotatable bonds is 1. The summed E-state index contributed by atoms with van der Waals surface area (Å²) in [4.78, 5) is 24.1. The Hall–Kier alpha value is -2.05. The van der Waals surface area contributed by atoms with Gasteiger partial charge >= 0.3 is 0 Å². The first kappa shape index (κ1) is 13.4. The van der Waals surface area contributed by atoms with Crippen molar-refractivity contribution in [3.63, 3.8) is 0 Å². The highest BCUT2D eigenvalue weighted by Gasteiger charge is 2.30. The number of nitrogens with zero attached hydrogens (tertiary/aromatic N) is 1. The molecule has 1 atom stereocenters. The Labute approximate surface area is 107 Å². The third-order valence-electron chi connectivity index (χ3n) is 2.84. The van der Waals surface area contributed by atoms with Crippen molar-refractivity contribution in [1.82, 2.24) is 5.32 Å².